The Labute approximate surface area is 80.6 Å². The van der Waals surface area contributed by atoms with E-state index >= 15 is 0 Å². The number of hydrogen-bond acceptors (Lipinski definition) is 3. The monoisotopic (exact) mass is 200 g/mol. The van der Waals surface area contributed by atoms with Gasteiger partial charge >= 0.3 is 0 Å². The van der Waals surface area contributed by atoms with Crippen LogP contribution in [0, 0.1) is 11.8 Å². The van der Waals surface area contributed by atoms with Gasteiger partial charge in [-0.1, -0.05) is 12.8 Å². The summed E-state index contributed by atoms with van der Waals surface area (Å²) in [5.41, 5.74) is 5.99. The lowest BCUT2D eigenvalue weighted by Gasteiger charge is -2.32. The zero-order valence-corrected chi connectivity index (χ0v) is 8.75. The summed E-state index contributed by atoms with van der Waals surface area (Å²) in [5.74, 6) is 1.71. The SMILES string of the molecule is NP1OC[C@@H]2CN1[C@@H]1CCCC[C@H]21. The molecule has 3 nitrogen and oxygen atoms in total. The lowest BCUT2D eigenvalue weighted by atomic mass is 9.80. The minimum absolute atomic E-state index is 0.724. The zero-order valence-electron chi connectivity index (χ0n) is 7.85. The summed E-state index contributed by atoms with van der Waals surface area (Å²) in [6.45, 7) is 2.15. The van der Waals surface area contributed by atoms with Gasteiger partial charge in [-0.3, -0.25) is 5.50 Å². The van der Waals surface area contributed by atoms with Crippen LogP contribution in [0.5, 0.6) is 0 Å². The Morgan fingerprint density at radius 1 is 1.31 bits per heavy atom. The first kappa shape index (κ1) is 8.60. The summed E-state index contributed by atoms with van der Waals surface area (Å²) in [4.78, 5) is 0. The van der Waals surface area contributed by atoms with Gasteiger partial charge in [-0.2, -0.15) is 0 Å². The van der Waals surface area contributed by atoms with Crippen molar-refractivity contribution in [2.45, 2.75) is 31.7 Å². The Morgan fingerprint density at radius 2 is 2.15 bits per heavy atom. The topological polar surface area (TPSA) is 38.5 Å². The van der Waals surface area contributed by atoms with Crippen LogP contribution >= 0.6 is 8.45 Å². The van der Waals surface area contributed by atoms with E-state index in [4.69, 9.17) is 10.0 Å². The molecule has 3 fully saturated rings. The highest BCUT2D eigenvalue weighted by Crippen LogP contribution is 2.53. The van der Waals surface area contributed by atoms with E-state index in [1.807, 2.05) is 0 Å². The van der Waals surface area contributed by atoms with E-state index in [0.717, 1.165) is 24.5 Å². The van der Waals surface area contributed by atoms with Gasteiger partial charge in [0.1, 0.15) is 0 Å². The fourth-order valence-corrected chi connectivity index (χ4v) is 4.66. The quantitative estimate of drug-likeness (QED) is 0.605. The van der Waals surface area contributed by atoms with Crippen molar-refractivity contribution in [1.29, 1.82) is 0 Å². The number of nitrogens with zero attached hydrogens (tertiary/aromatic N) is 1. The number of fused-ring (bicyclic) bond motifs is 5. The highest BCUT2D eigenvalue weighted by Gasteiger charge is 2.48. The fourth-order valence-electron chi connectivity index (χ4n) is 3.22. The van der Waals surface area contributed by atoms with Crippen LogP contribution in [0.15, 0.2) is 0 Å². The van der Waals surface area contributed by atoms with E-state index < -0.39 is 8.45 Å². The number of nitrogens with two attached hydrogens (primary N) is 1. The Bertz CT molecular complexity index is 212. The molecule has 0 spiro atoms. The second kappa shape index (κ2) is 3.16. The highest BCUT2D eigenvalue weighted by atomic mass is 31.2. The third-order valence-corrected chi connectivity index (χ3v) is 5.25. The third-order valence-electron chi connectivity index (χ3n) is 3.87. The predicted octanol–water partition coefficient (Wildman–Crippen LogP) is 1.69. The predicted molar refractivity (Wildman–Crippen MR) is 53.0 cm³/mol. The molecule has 4 heteroatoms. The lowest BCUT2D eigenvalue weighted by molar-refractivity contribution is 0.207. The molecule has 13 heavy (non-hydrogen) atoms. The van der Waals surface area contributed by atoms with Crippen LogP contribution in [0.25, 0.3) is 0 Å². The van der Waals surface area contributed by atoms with Gasteiger partial charge in [0.15, 0.2) is 8.45 Å². The minimum Gasteiger partial charge on any atom is -0.331 e. The average Bonchev–Trinajstić information content (AvgIpc) is 2.48. The van der Waals surface area contributed by atoms with Gasteiger partial charge in [0.05, 0.1) is 6.61 Å². The molecule has 1 saturated carbocycles. The molecule has 2 N–H and O–H groups in total. The zero-order chi connectivity index (χ0) is 8.84. The fraction of sp³-hybridized carbons (Fsp3) is 1.00. The van der Waals surface area contributed by atoms with Gasteiger partial charge in [-0.25, -0.2) is 4.67 Å². The van der Waals surface area contributed by atoms with Crippen LogP contribution in [0.1, 0.15) is 25.7 Å². The van der Waals surface area contributed by atoms with Crippen molar-refractivity contribution in [1.82, 2.24) is 4.67 Å². The molecule has 0 amide bonds. The van der Waals surface area contributed by atoms with Crippen molar-refractivity contribution in [3.05, 3.63) is 0 Å². The van der Waals surface area contributed by atoms with Crippen molar-refractivity contribution < 1.29 is 4.52 Å². The van der Waals surface area contributed by atoms with Crippen LogP contribution in [-0.4, -0.2) is 23.9 Å². The van der Waals surface area contributed by atoms with Crippen molar-refractivity contribution in [3.8, 4) is 0 Å². The van der Waals surface area contributed by atoms with Gasteiger partial charge in [0.2, 0.25) is 0 Å². The van der Waals surface area contributed by atoms with Gasteiger partial charge in [-0.15, -0.1) is 0 Å². The molecular weight excluding hydrogens is 183 g/mol. The molecule has 3 rings (SSSR count). The summed E-state index contributed by atoms with van der Waals surface area (Å²) in [6, 6.07) is 0.775. The first-order valence-electron chi connectivity index (χ1n) is 5.30. The maximum Gasteiger partial charge on any atom is 0.182 e. The van der Waals surface area contributed by atoms with E-state index in [0.29, 0.717) is 0 Å². The van der Waals surface area contributed by atoms with Crippen molar-refractivity contribution in [2.24, 2.45) is 17.3 Å². The lowest BCUT2D eigenvalue weighted by Crippen LogP contribution is -2.32. The molecular formula is C9H17N2OP. The molecule has 2 aliphatic heterocycles. The number of rotatable bonds is 0. The molecule has 0 aromatic carbocycles. The first-order chi connectivity index (χ1) is 6.36. The molecule has 0 radical (unpaired) electrons. The first-order valence-corrected chi connectivity index (χ1v) is 6.59. The van der Waals surface area contributed by atoms with Gasteiger partial charge in [0, 0.05) is 18.5 Å². The maximum absolute atomic E-state index is 5.99. The smallest absolute Gasteiger partial charge is 0.182 e. The second-order valence-electron chi connectivity index (χ2n) is 4.50. The van der Waals surface area contributed by atoms with E-state index in [1.165, 1.54) is 32.2 Å². The van der Waals surface area contributed by atoms with Gasteiger partial charge < -0.3 is 4.52 Å². The summed E-state index contributed by atoms with van der Waals surface area (Å²) in [6.07, 6.45) is 5.60. The van der Waals surface area contributed by atoms with Crippen LogP contribution in [0.4, 0.5) is 0 Å². The number of hydrogen-bond donors (Lipinski definition) is 1. The van der Waals surface area contributed by atoms with Gasteiger partial charge in [-0.05, 0) is 18.8 Å². The molecule has 2 saturated heterocycles. The van der Waals surface area contributed by atoms with E-state index in [2.05, 4.69) is 4.67 Å². The molecule has 2 unspecified atom stereocenters. The van der Waals surface area contributed by atoms with E-state index in [-0.39, 0.29) is 0 Å². The van der Waals surface area contributed by atoms with Crippen molar-refractivity contribution in [3.63, 3.8) is 0 Å². The minimum atomic E-state index is -0.724. The van der Waals surface area contributed by atoms with Crippen LogP contribution < -0.4 is 5.50 Å². The average molecular weight is 200 g/mol. The Kier molecular flexibility index (Phi) is 2.09. The Hall–Kier alpha value is 0.310. The van der Waals surface area contributed by atoms with Crippen LogP contribution in [0.3, 0.4) is 0 Å². The summed E-state index contributed by atoms with van der Waals surface area (Å²) in [7, 11) is -0.724. The molecule has 0 aromatic heterocycles. The maximum atomic E-state index is 5.99. The molecule has 0 aromatic rings. The summed E-state index contributed by atoms with van der Waals surface area (Å²) >= 11 is 0. The molecule has 74 valence electrons. The largest absolute Gasteiger partial charge is 0.331 e. The van der Waals surface area contributed by atoms with Crippen molar-refractivity contribution in [2.75, 3.05) is 13.2 Å². The molecule has 1 aliphatic carbocycles. The van der Waals surface area contributed by atoms with Gasteiger partial charge in [0.25, 0.3) is 0 Å². The normalized spacial score (nSPS) is 54.7. The van der Waals surface area contributed by atoms with E-state index in [9.17, 15) is 0 Å². The second-order valence-corrected chi connectivity index (χ2v) is 5.87. The standard InChI is InChI=1S/C9H17N2OP/c10-13-11-5-7(6-12-13)8-3-1-2-4-9(8)11/h7-9H,1-6,10H2/t7-,8+,9+,13?/m0/s1. The summed E-state index contributed by atoms with van der Waals surface area (Å²) < 4.78 is 8.08. The van der Waals surface area contributed by atoms with Crippen molar-refractivity contribution >= 4 is 8.45 Å². The Balaban J connectivity index is 1.85. The summed E-state index contributed by atoms with van der Waals surface area (Å²) in [5, 5.41) is 0. The molecule has 3 aliphatic rings. The van der Waals surface area contributed by atoms with Crippen LogP contribution in [-0.2, 0) is 4.52 Å². The highest BCUT2D eigenvalue weighted by molar-refractivity contribution is 7.47. The molecule has 2 bridgehead atoms. The Morgan fingerprint density at radius 3 is 3.08 bits per heavy atom. The molecule has 2 heterocycles. The third kappa shape index (κ3) is 1.25. The van der Waals surface area contributed by atoms with Crippen LogP contribution in [0.2, 0.25) is 0 Å². The molecule has 5 atom stereocenters. The van der Waals surface area contributed by atoms with E-state index in [1.54, 1.807) is 0 Å².